The molecule has 40 heavy (non-hydrogen) atoms. The van der Waals surface area contributed by atoms with Crippen LogP contribution >= 0.6 is 15.9 Å². The number of fused-ring (bicyclic) bond motifs is 2. The fourth-order valence-electron chi connectivity index (χ4n) is 6.48. The van der Waals surface area contributed by atoms with Crippen molar-refractivity contribution < 1.29 is 33.8 Å². The topological polar surface area (TPSA) is 125 Å². The number of hydrogen-bond acceptors (Lipinski definition) is 7. The highest BCUT2D eigenvalue weighted by molar-refractivity contribution is 9.11. The van der Waals surface area contributed by atoms with Crippen LogP contribution in [0.4, 0.5) is 0 Å². The van der Waals surface area contributed by atoms with Crippen molar-refractivity contribution in [1.29, 1.82) is 0 Å². The SMILES string of the molecule is CCCC(C)N1C/C=C\CCC(=O)NC[C@H](C)OC(=O)[C@H]2[C@@H]3O[C@@]4(C=C3Br)[C@@H]2C(=O)N(CCCCCO)[C@@H]4C1=O. The number of carbonyl (C=O) groups excluding carboxylic acids is 4. The normalized spacial score (nSPS) is 34.4. The number of nitrogens with zero attached hydrogens (tertiary/aromatic N) is 2. The first kappa shape index (κ1) is 30.7. The molecule has 3 amide bonds. The first-order chi connectivity index (χ1) is 19.2. The molecule has 2 N–H and O–H groups in total. The molecule has 0 radical (unpaired) electrons. The minimum atomic E-state index is -1.29. The highest BCUT2D eigenvalue weighted by Crippen LogP contribution is 2.59. The Hall–Kier alpha value is -2.24. The summed E-state index contributed by atoms with van der Waals surface area (Å²) < 4.78 is 12.9. The van der Waals surface area contributed by atoms with Crippen LogP contribution in [0.15, 0.2) is 22.7 Å². The summed E-state index contributed by atoms with van der Waals surface area (Å²) in [6.45, 7) is 6.64. The Morgan fingerprint density at radius 1 is 1.18 bits per heavy atom. The second kappa shape index (κ2) is 13.2. The van der Waals surface area contributed by atoms with E-state index in [9.17, 15) is 24.3 Å². The molecular weight excluding hydrogens is 582 g/mol. The lowest BCUT2D eigenvalue weighted by Crippen LogP contribution is -2.57. The molecule has 0 aromatic carbocycles. The lowest BCUT2D eigenvalue weighted by Gasteiger charge is -2.38. The molecule has 11 heteroatoms. The predicted octanol–water partition coefficient (Wildman–Crippen LogP) is 2.44. The lowest BCUT2D eigenvalue weighted by molar-refractivity contribution is -0.158. The van der Waals surface area contributed by atoms with E-state index in [0.717, 1.165) is 12.8 Å². The first-order valence-electron chi connectivity index (χ1n) is 14.6. The number of rotatable bonds is 8. The molecule has 2 saturated heterocycles. The van der Waals surface area contributed by atoms with E-state index in [0.29, 0.717) is 43.3 Å². The molecule has 5 bridgehead atoms. The standard InChI is InChI=1S/C29H42BrN3O7/c1-4-11-18(2)32-13-8-5-7-12-21(35)31-17-19(3)39-28(38)22-23-26(36)33(14-9-6-10-15-34)25(27(32)37)29(23)16-20(30)24(22)40-29/h5,8,16,18-19,22-25,34H,4,6-7,9-15,17H2,1-3H3,(H,31,35)/b8-5-/t18?,19-,22+,23-,24+,25+,29-/m0/s1. The molecule has 0 aromatic heterocycles. The van der Waals surface area contributed by atoms with Crippen LogP contribution in [0.3, 0.4) is 0 Å². The van der Waals surface area contributed by atoms with Crippen LogP contribution < -0.4 is 5.32 Å². The lowest BCUT2D eigenvalue weighted by atomic mass is 9.74. The Kier molecular flexibility index (Phi) is 10.1. The summed E-state index contributed by atoms with van der Waals surface area (Å²) in [5, 5.41) is 12.1. The second-order valence-electron chi connectivity index (χ2n) is 11.3. The van der Waals surface area contributed by atoms with Gasteiger partial charge in [-0.1, -0.05) is 41.4 Å². The molecule has 222 valence electrons. The molecule has 4 rings (SSSR count). The number of hydrogen-bond donors (Lipinski definition) is 2. The van der Waals surface area contributed by atoms with Crippen molar-refractivity contribution in [3.05, 3.63) is 22.7 Å². The van der Waals surface area contributed by atoms with E-state index in [2.05, 4.69) is 28.2 Å². The second-order valence-corrected chi connectivity index (χ2v) is 12.2. The number of halogens is 1. The van der Waals surface area contributed by atoms with Crippen molar-refractivity contribution in [1.82, 2.24) is 15.1 Å². The van der Waals surface area contributed by atoms with E-state index in [1.165, 1.54) is 0 Å². The third-order valence-electron chi connectivity index (χ3n) is 8.42. The van der Waals surface area contributed by atoms with E-state index >= 15 is 0 Å². The Bertz CT molecular complexity index is 1050. The summed E-state index contributed by atoms with van der Waals surface area (Å²) in [6, 6.07) is -1.03. The van der Waals surface area contributed by atoms with Gasteiger partial charge in [-0.15, -0.1) is 0 Å². The number of unbranched alkanes of at least 4 members (excludes halogenated alkanes) is 2. The zero-order chi connectivity index (χ0) is 29.0. The van der Waals surface area contributed by atoms with Gasteiger partial charge in [0.25, 0.3) is 0 Å². The molecule has 0 saturated carbocycles. The van der Waals surface area contributed by atoms with Crippen LogP contribution in [0, 0.1) is 11.8 Å². The Labute approximate surface area is 244 Å². The van der Waals surface area contributed by atoms with Gasteiger partial charge in [0.15, 0.2) is 0 Å². The molecule has 1 unspecified atom stereocenters. The Morgan fingerprint density at radius 3 is 2.67 bits per heavy atom. The smallest absolute Gasteiger partial charge is 0.313 e. The molecule has 10 nitrogen and oxygen atoms in total. The average molecular weight is 625 g/mol. The number of carbonyl (C=O) groups is 4. The number of nitrogens with one attached hydrogen (secondary N) is 1. The zero-order valence-electron chi connectivity index (χ0n) is 23.6. The van der Waals surface area contributed by atoms with Gasteiger partial charge in [0.05, 0.1) is 12.5 Å². The summed E-state index contributed by atoms with van der Waals surface area (Å²) in [7, 11) is 0. The Morgan fingerprint density at radius 2 is 1.95 bits per heavy atom. The van der Waals surface area contributed by atoms with E-state index < -0.39 is 41.7 Å². The molecule has 0 aliphatic carbocycles. The minimum absolute atomic E-state index is 0.0601. The minimum Gasteiger partial charge on any atom is -0.460 e. The van der Waals surface area contributed by atoms with Crippen LogP contribution in [0.5, 0.6) is 0 Å². The number of aliphatic hydroxyl groups excluding tert-OH is 1. The van der Waals surface area contributed by atoms with Crippen LogP contribution in [0.2, 0.25) is 0 Å². The van der Waals surface area contributed by atoms with Crippen molar-refractivity contribution in [3.63, 3.8) is 0 Å². The van der Waals surface area contributed by atoms with Gasteiger partial charge in [-0.2, -0.15) is 0 Å². The van der Waals surface area contributed by atoms with Crippen LogP contribution in [-0.2, 0) is 28.7 Å². The van der Waals surface area contributed by atoms with Crippen molar-refractivity contribution in [2.75, 3.05) is 26.2 Å². The fourth-order valence-corrected chi connectivity index (χ4v) is 7.22. The van der Waals surface area contributed by atoms with Crippen molar-refractivity contribution in [2.45, 2.75) is 95.6 Å². The third kappa shape index (κ3) is 5.87. The number of cyclic esters (lactones) is 1. The van der Waals surface area contributed by atoms with E-state index in [1.807, 2.05) is 25.2 Å². The Balaban J connectivity index is 1.77. The molecule has 1 spiro atoms. The molecule has 7 atom stereocenters. The molecule has 4 heterocycles. The maximum atomic E-state index is 14.5. The number of amides is 3. The third-order valence-corrected chi connectivity index (χ3v) is 9.10. The first-order valence-corrected chi connectivity index (χ1v) is 15.4. The van der Waals surface area contributed by atoms with Gasteiger partial charge >= 0.3 is 5.97 Å². The fraction of sp³-hybridized carbons (Fsp3) is 0.724. The van der Waals surface area contributed by atoms with Crippen LogP contribution in [-0.4, -0.2) is 94.7 Å². The average Bonchev–Trinajstić information content (AvgIpc) is 3.50. The van der Waals surface area contributed by atoms with Gasteiger partial charge in [-0.05, 0) is 52.0 Å². The number of esters is 1. The summed E-state index contributed by atoms with van der Waals surface area (Å²) in [6.07, 6.45) is 8.68. The highest BCUT2D eigenvalue weighted by atomic mass is 79.9. The number of allylic oxidation sites excluding steroid dienone is 1. The van der Waals surface area contributed by atoms with Gasteiger partial charge in [0.1, 0.15) is 29.8 Å². The monoisotopic (exact) mass is 623 g/mol. The molecule has 4 aliphatic heterocycles. The molecular formula is C29H42BrN3O7. The number of aliphatic hydroxyl groups is 1. The van der Waals surface area contributed by atoms with E-state index in [-0.39, 0.29) is 43.3 Å². The van der Waals surface area contributed by atoms with Gasteiger partial charge < -0.3 is 29.7 Å². The van der Waals surface area contributed by atoms with Crippen molar-refractivity contribution in [2.24, 2.45) is 11.8 Å². The van der Waals surface area contributed by atoms with Gasteiger partial charge in [0.2, 0.25) is 17.7 Å². The van der Waals surface area contributed by atoms with Gasteiger partial charge in [0, 0.05) is 36.6 Å². The van der Waals surface area contributed by atoms with Crippen LogP contribution in [0.25, 0.3) is 0 Å². The molecule has 4 aliphatic rings. The number of ether oxygens (including phenoxy) is 2. The van der Waals surface area contributed by atoms with Crippen molar-refractivity contribution in [3.8, 4) is 0 Å². The molecule has 2 fully saturated rings. The largest absolute Gasteiger partial charge is 0.460 e. The quantitative estimate of drug-likeness (QED) is 0.242. The summed E-state index contributed by atoms with van der Waals surface area (Å²) in [5.41, 5.74) is -1.29. The summed E-state index contributed by atoms with van der Waals surface area (Å²) >= 11 is 3.56. The maximum Gasteiger partial charge on any atom is 0.313 e. The van der Waals surface area contributed by atoms with Gasteiger partial charge in [-0.3, -0.25) is 19.2 Å². The summed E-state index contributed by atoms with van der Waals surface area (Å²) in [5.74, 6) is -3.04. The predicted molar refractivity (Wildman–Crippen MR) is 151 cm³/mol. The highest BCUT2D eigenvalue weighted by Gasteiger charge is 2.74. The van der Waals surface area contributed by atoms with Crippen molar-refractivity contribution >= 4 is 39.6 Å². The van der Waals surface area contributed by atoms with E-state index in [1.54, 1.807) is 16.7 Å². The maximum absolute atomic E-state index is 14.5. The summed E-state index contributed by atoms with van der Waals surface area (Å²) in [4.78, 5) is 57.9. The molecule has 0 aromatic rings. The zero-order valence-corrected chi connectivity index (χ0v) is 25.2. The van der Waals surface area contributed by atoms with E-state index in [4.69, 9.17) is 9.47 Å². The van der Waals surface area contributed by atoms with Gasteiger partial charge in [-0.25, -0.2) is 0 Å². The number of likely N-dealkylation sites (tertiary alicyclic amines) is 1. The van der Waals surface area contributed by atoms with Crippen LogP contribution in [0.1, 0.15) is 65.7 Å².